The molecule has 0 aliphatic heterocycles. The van der Waals surface area contributed by atoms with Gasteiger partial charge < -0.3 is 15.4 Å². The highest BCUT2D eigenvalue weighted by atomic mass is 16.3. The van der Waals surface area contributed by atoms with E-state index < -0.39 is 0 Å². The van der Waals surface area contributed by atoms with Crippen molar-refractivity contribution in [3.63, 3.8) is 0 Å². The van der Waals surface area contributed by atoms with E-state index in [-0.39, 0.29) is 6.61 Å². The Morgan fingerprint density at radius 2 is 1.22 bits per heavy atom. The molecule has 1 heterocycles. The second kappa shape index (κ2) is 16.1. The fraction of sp³-hybridized carbons (Fsp3) is 0.870. The number of nitrogens with zero attached hydrogens (tertiary/aromatic N) is 2. The predicted molar refractivity (Wildman–Crippen MR) is 116 cm³/mol. The summed E-state index contributed by atoms with van der Waals surface area (Å²) in [5.74, 6) is 1.04. The van der Waals surface area contributed by atoms with Gasteiger partial charge in [0.2, 0.25) is 0 Å². The van der Waals surface area contributed by atoms with E-state index in [1.807, 2.05) is 11.5 Å². The zero-order chi connectivity index (χ0) is 19.7. The molecule has 1 aromatic rings. The van der Waals surface area contributed by atoms with Crippen molar-refractivity contribution in [2.24, 2.45) is 5.73 Å². The average molecular weight is 380 g/mol. The Labute approximate surface area is 168 Å². The topological polar surface area (TPSA) is 64.1 Å². The van der Waals surface area contributed by atoms with Gasteiger partial charge in [0.15, 0.2) is 0 Å². The fourth-order valence-corrected chi connectivity index (χ4v) is 3.93. The van der Waals surface area contributed by atoms with Crippen LogP contribution in [0.3, 0.4) is 0 Å². The van der Waals surface area contributed by atoms with Crippen LogP contribution in [-0.4, -0.2) is 14.7 Å². The Morgan fingerprint density at radius 3 is 1.63 bits per heavy atom. The van der Waals surface area contributed by atoms with Gasteiger partial charge in [-0.25, -0.2) is 4.98 Å². The summed E-state index contributed by atoms with van der Waals surface area (Å²) >= 11 is 0. The summed E-state index contributed by atoms with van der Waals surface area (Å²) in [7, 11) is 0. The van der Waals surface area contributed by atoms with E-state index in [0.29, 0.717) is 6.67 Å². The van der Waals surface area contributed by atoms with Gasteiger partial charge in [-0.1, -0.05) is 96.8 Å². The molecule has 0 bridgehead atoms. The summed E-state index contributed by atoms with van der Waals surface area (Å²) in [6, 6.07) is 0. The summed E-state index contributed by atoms with van der Waals surface area (Å²) in [5, 5.41) is 9.43. The van der Waals surface area contributed by atoms with Gasteiger partial charge in [-0.3, -0.25) is 0 Å². The van der Waals surface area contributed by atoms with Crippen molar-refractivity contribution in [3.8, 4) is 0 Å². The minimum absolute atomic E-state index is 0.0227. The first-order chi connectivity index (χ1) is 13.2. The van der Waals surface area contributed by atoms with Gasteiger partial charge in [0.1, 0.15) is 5.82 Å². The molecule has 0 radical (unpaired) electrons. The predicted octanol–water partition coefficient (Wildman–Crippen LogP) is 6.01. The number of rotatable bonds is 18. The highest BCUT2D eigenvalue weighted by Crippen LogP contribution is 2.16. The summed E-state index contributed by atoms with van der Waals surface area (Å²) in [6.07, 6.45) is 21.7. The van der Waals surface area contributed by atoms with Crippen molar-refractivity contribution in [2.75, 3.05) is 0 Å². The molecule has 0 spiro atoms. The molecule has 0 unspecified atom stereocenters. The van der Waals surface area contributed by atoms with Crippen LogP contribution in [0.2, 0.25) is 0 Å². The van der Waals surface area contributed by atoms with Crippen LogP contribution in [0.5, 0.6) is 0 Å². The van der Waals surface area contributed by atoms with E-state index in [4.69, 9.17) is 5.73 Å². The minimum atomic E-state index is 0.0227. The summed E-state index contributed by atoms with van der Waals surface area (Å²) in [4.78, 5) is 4.58. The largest absolute Gasteiger partial charge is 0.390 e. The Bertz CT molecular complexity index is 470. The van der Waals surface area contributed by atoms with E-state index in [1.165, 1.54) is 96.3 Å². The zero-order valence-electron chi connectivity index (χ0n) is 18.1. The first-order valence-corrected chi connectivity index (χ1v) is 11.6. The lowest BCUT2D eigenvalue weighted by Gasteiger charge is -2.08. The number of aliphatic hydroxyl groups is 1. The number of aromatic nitrogens is 2. The van der Waals surface area contributed by atoms with Crippen molar-refractivity contribution >= 4 is 0 Å². The highest BCUT2D eigenvalue weighted by molar-refractivity contribution is 5.15. The summed E-state index contributed by atoms with van der Waals surface area (Å²) in [5.41, 5.74) is 7.59. The van der Waals surface area contributed by atoms with Gasteiger partial charge >= 0.3 is 0 Å². The lowest BCUT2D eigenvalue weighted by atomic mass is 10.0. The maximum Gasteiger partial charge on any atom is 0.110 e. The Kier molecular flexibility index (Phi) is 14.4. The molecule has 4 heteroatoms. The lowest BCUT2D eigenvalue weighted by molar-refractivity contribution is 0.269. The number of unbranched alkanes of at least 4 members (excludes halogenated alkanes) is 14. The van der Waals surface area contributed by atoms with Crippen LogP contribution < -0.4 is 5.73 Å². The quantitative estimate of drug-likeness (QED) is 0.307. The third-order valence-electron chi connectivity index (χ3n) is 5.69. The third-order valence-corrected chi connectivity index (χ3v) is 5.69. The van der Waals surface area contributed by atoms with Crippen molar-refractivity contribution in [2.45, 2.75) is 130 Å². The summed E-state index contributed by atoms with van der Waals surface area (Å²) < 4.78 is 1.97. The number of aryl methyl sites for hydroxylation is 2. The minimum Gasteiger partial charge on any atom is -0.390 e. The van der Waals surface area contributed by atoms with Crippen LogP contribution in [0.25, 0.3) is 0 Å². The van der Waals surface area contributed by atoms with E-state index in [2.05, 4.69) is 11.9 Å². The number of imidazole rings is 1. The molecular weight excluding hydrogens is 334 g/mol. The number of hydrogen-bond acceptors (Lipinski definition) is 3. The fourth-order valence-electron chi connectivity index (χ4n) is 3.93. The first-order valence-electron chi connectivity index (χ1n) is 11.6. The van der Waals surface area contributed by atoms with Crippen LogP contribution in [-0.2, 0) is 19.7 Å². The summed E-state index contributed by atoms with van der Waals surface area (Å²) in [6.45, 7) is 4.67. The Hall–Kier alpha value is -0.870. The molecule has 0 atom stereocenters. The molecule has 3 N–H and O–H groups in total. The molecular formula is C23H45N3O. The molecule has 158 valence electrons. The van der Waals surface area contributed by atoms with Gasteiger partial charge in [-0.05, 0) is 13.3 Å². The molecule has 1 aromatic heterocycles. The first kappa shape index (κ1) is 24.2. The third kappa shape index (κ3) is 10.3. The normalized spacial score (nSPS) is 11.4. The maximum absolute atomic E-state index is 9.43. The standard InChI is InChI=1S/C23H45N3O/c1-3-4-5-6-7-8-9-10-11-12-13-14-15-16-17-18-23-25-21(2)22(19-27)26(23)20-24/h27H,3-20,24H2,1-2H3. The van der Waals surface area contributed by atoms with E-state index in [1.54, 1.807) is 0 Å². The monoisotopic (exact) mass is 379 g/mol. The SMILES string of the molecule is CCCCCCCCCCCCCCCCCc1nc(C)c(CO)n1CN. The highest BCUT2D eigenvalue weighted by Gasteiger charge is 2.11. The molecule has 0 aliphatic rings. The molecule has 0 aliphatic carbocycles. The van der Waals surface area contributed by atoms with Crippen molar-refractivity contribution in [1.82, 2.24) is 9.55 Å². The van der Waals surface area contributed by atoms with Crippen molar-refractivity contribution < 1.29 is 5.11 Å². The second-order valence-corrected chi connectivity index (χ2v) is 8.03. The van der Waals surface area contributed by atoms with Gasteiger partial charge in [-0.2, -0.15) is 0 Å². The Morgan fingerprint density at radius 1 is 0.778 bits per heavy atom. The molecule has 0 saturated carbocycles. The molecule has 0 saturated heterocycles. The van der Waals surface area contributed by atoms with Crippen LogP contribution in [0.1, 0.15) is 120 Å². The molecule has 0 aromatic carbocycles. The van der Waals surface area contributed by atoms with Crippen molar-refractivity contribution in [3.05, 3.63) is 17.2 Å². The molecule has 27 heavy (non-hydrogen) atoms. The average Bonchev–Trinajstić information content (AvgIpc) is 2.99. The van der Waals surface area contributed by atoms with E-state index in [0.717, 1.165) is 23.6 Å². The van der Waals surface area contributed by atoms with Crippen LogP contribution >= 0.6 is 0 Å². The molecule has 4 nitrogen and oxygen atoms in total. The molecule has 0 amide bonds. The lowest BCUT2D eigenvalue weighted by Crippen LogP contribution is -2.14. The smallest absolute Gasteiger partial charge is 0.110 e. The number of aliphatic hydroxyl groups excluding tert-OH is 1. The van der Waals surface area contributed by atoms with Crippen molar-refractivity contribution in [1.29, 1.82) is 0 Å². The van der Waals surface area contributed by atoms with Gasteiger partial charge in [0.05, 0.1) is 24.7 Å². The van der Waals surface area contributed by atoms with Crippen LogP contribution in [0.15, 0.2) is 0 Å². The number of hydrogen-bond donors (Lipinski definition) is 2. The van der Waals surface area contributed by atoms with E-state index in [9.17, 15) is 5.11 Å². The van der Waals surface area contributed by atoms with E-state index >= 15 is 0 Å². The Balaban J connectivity index is 1.92. The van der Waals surface area contributed by atoms with Gasteiger partial charge in [0, 0.05) is 6.42 Å². The van der Waals surface area contributed by atoms with Crippen LogP contribution in [0.4, 0.5) is 0 Å². The van der Waals surface area contributed by atoms with Gasteiger partial charge in [0.25, 0.3) is 0 Å². The van der Waals surface area contributed by atoms with Crippen LogP contribution in [0, 0.1) is 6.92 Å². The molecule has 1 rings (SSSR count). The van der Waals surface area contributed by atoms with Gasteiger partial charge in [-0.15, -0.1) is 0 Å². The zero-order valence-corrected chi connectivity index (χ0v) is 18.1. The maximum atomic E-state index is 9.43. The second-order valence-electron chi connectivity index (χ2n) is 8.03. The molecule has 0 fully saturated rings. The number of nitrogens with two attached hydrogens (primary N) is 1.